The van der Waals surface area contributed by atoms with Gasteiger partial charge in [-0.15, -0.1) is 0 Å². The van der Waals surface area contributed by atoms with Crippen LogP contribution >= 0.6 is 0 Å². The van der Waals surface area contributed by atoms with Gasteiger partial charge in [0.15, 0.2) is 0 Å². The molecule has 7 heteroatoms. The van der Waals surface area contributed by atoms with Crippen molar-refractivity contribution in [3.05, 3.63) is 63.8 Å². The van der Waals surface area contributed by atoms with E-state index in [0.717, 1.165) is 37.0 Å². The average molecular weight is 379 g/mol. The smallest absolute Gasteiger partial charge is 0.263 e. The highest BCUT2D eigenvalue weighted by Crippen LogP contribution is 2.19. The molecule has 1 aliphatic heterocycles. The molecule has 0 spiro atoms. The molecule has 1 amide bonds. The number of piperidine rings is 1. The summed E-state index contributed by atoms with van der Waals surface area (Å²) in [5.74, 6) is 0.0164. The Kier molecular flexibility index (Phi) is 5.00. The van der Waals surface area contributed by atoms with E-state index in [1.165, 1.54) is 0 Å². The van der Waals surface area contributed by atoms with E-state index in [9.17, 15) is 9.59 Å². The van der Waals surface area contributed by atoms with Crippen LogP contribution in [0.3, 0.4) is 0 Å². The molecule has 4 rings (SSSR count). The first-order valence-corrected chi connectivity index (χ1v) is 9.69. The number of carbonyl (C=O) groups is 1. The molecule has 0 bridgehead atoms. The van der Waals surface area contributed by atoms with E-state index in [1.54, 1.807) is 28.4 Å². The fourth-order valence-electron chi connectivity index (χ4n) is 3.81. The largest absolute Gasteiger partial charge is 0.319 e. The van der Waals surface area contributed by atoms with Gasteiger partial charge in [-0.05, 0) is 75.0 Å². The monoisotopic (exact) mass is 379 g/mol. The maximum Gasteiger partial charge on any atom is 0.263 e. The van der Waals surface area contributed by atoms with Gasteiger partial charge in [-0.3, -0.25) is 9.59 Å². The molecule has 1 aliphatic rings. The van der Waals surface area contributed by atoms with E-state index in [0.29, 0.717) is 23.7 Å². The van der Waals surface area contributed by atoms with Crippen molar-refractivity contribution in [2.24, 2.45) is 5.92 Å². The lowest BCUT2D eigenvalue weighted by Crippen LogP contribution is -2.36. The third-order valence-electron chi connectivity index (χ3n) is 5.38. The van der Waals surface area contributed by atoms with Crippen LogP contribution in [-0.2, 0) is 6.54 Å². The molecule has 1 fully saturated rings. The summed E-state index contributed by atoms with van der Waals surface area (Å²) in [6.45, 7) is 6.35. The molecule has 3 aromatic heterocycles. The predicted molar refractivity (Wildman–Crippen MR) is 109 cm³/mol. The summed E-state index contributed by atoms with van der Waals surface area (Å²) in [5.41, 5.74) is 3.10. The van der Waals surface area contributed by atoms with Gasteiger partial charge in [0.05, 0.1) is 17.4 Å². The van der Waals surface area contributed by atoms with Gasteiger partial charge in [0.25, 0.3) is 11.5 Å². The van der Waals surface area contributed by atoms with Crippen molar-refractivity contribution in [3.63, 3.8) is 0 Å². The highest BCUT2D eigenvalue weighted by Gasteiger charge is 2.20. The van der Waals surface area contributed by atoms with Gasteiger partial charge in [0.2, 0.25) is 0 Å². The summed E-state index contributed by atoms with van der Waals surface area (Å²) >= 11 is 0. The zero-order valence-corrected chi connectivity index (χ0v) is 16.2. The molecule has 2 N–H and O–H groups in total. The minimum absolute atomic E-state index is 0.193. The molecule has 3 aromatic rings. The van der Waals surface area contributed by atoms with Crippen molar-refractivity contribution in [3.8, 4) is 0 Å². The Bertz CT molecular complexity index is 1080. The number of anilines is 1. The van der Waals surface area contributed by atoms with Crippen LogP contribution in [0.2, 0.25) is 0 Å². The Morgan fingerprint density at radius 3 is 2.96 bits per heavy atom. The molecule has 0 aliphatic carbocycles. The number of hydrogen-bond acceptors (Lipinski definition) is 4. The van der Waals surface area contributed by atoms with Crippen molar-refractivity contribution < 1.29 is 4.79 Å². The number of carbonyl (C=O) groups excluding carboxylic acids is 1. The maximum atomic E-state index is 13.0. The second kappa shape index (κ2) is 7.59. The number of fused-ring (bicyclic) bond motifs is 1. The topological polar surface area (TPSA) is 80.4 Å². The lowest BCUT2D eigenvalue weighted by atomic mass is 9.99. The molecule has 146 valence electrons. The van der Waals surface area contributed by atoms with E-state index in [2.05, 4.69) is 15.7 Å². The third kappa shape index (κ3) is 3.57. The summed E-state index contributed by atoms with van der Waals surface area (Å²) in [6, 6.07) is 5.74. The van der Waals surface area contributed by atoms with Crippen LogP contribution in [0.1, 0.15) is 34.3 Å². The van der Waals surface area contributed by atoms with Crippen LogP contribution in [0.5, 0.6) is 0 Å². The molecule has 1 unspecified atom stereocenters. The first-order valence-electron chi connectivity index (χ1n) is 9.69. The van der Waals surface area contributed by atoms with Crippen molar-refractivity contribution in [2.45, 2.75) is 33.2 Å². The minimum atomic E-state index is -0.393. The highest BCUT2D eigenvalue weighted by molar-refractivity contribution is 6.06. The molecule has 1 saturated heterocycles. The fourth-order valence-corrected chi connectivity index (χ4v) is 3.81. The Hall–Kier alpha value is -2.93. The number of nitrogens with one attached hydrogen (secondary N) is 2. The van der Waals surface area contributed by atoms with Crippen LogP contribution < -0.4 is 16.2 Å². The molecule has 0 aromatic carbocycles. The Morgan fingerprint density at radius 2 is 2.18 bits per heavy atom. The Balaban J connectivity index is 1.62. The number of hydrogen-bond donors (Lipinski definition) is 2. The second-order valence-corrected chi connectivity index (χ2v) is 7.59. The SMILES string of the molecule is Cc1ccn2ncc(NC(=O)c3c(C)ccn(CC4CCCNC4)c3=O)c2c1. The normalized spacial score (nSPS) is 17.0. The zero-order valence-electron chi connectivity index (χ0n) is 16.2. The van der Waals surface area contributed by atoms with Crippen LogP contribution in [0.15, 0.2) is 41.6 Å². The van der Waals surface area contributed by atoms with Gasteiger partial charge in [0.1, 0.15) is 5.56 Å². The Labute approximate surface area is 163 Å². The third-order valence-corrected chi connectivity index (χ3v) is 5.38. The van der Waals surface area contributed by atoms with Gasteiger partial charge < -0.3 is 15.2 Å². The van der Waals surface area contributed by atoms with Crippen molar-refractivity contribution in [1.29, 1.82) is 0 Å². The van der Waals surface area contributed by atoms with Gasteiger partial charge in [-0.25, -0.2) is 4.52 Å². The number of aryl methyl sites for hydroxylation is 2. The van der Waals surface area contributed by atoms with Crippen molar-refractivity contribution in [1.82, 2.24) is 19.5 Å². The molecule has 7 nitrogen and oxygen atoms in total. The number of amides is 1. The molecule has 1 atom stereocenters. The molecular weight excluding hydrogens is 354 g/mol. The van der Waals surface area contributed by atoms with E-state index in [4.69, 9.17) is 0 Å². The number of pyridine rings is 2. The summed E-state index contributed by atoms with van der Waals surface area (Å²) in [6.07, 6.45) is 7.46. The fraction of sp³-hybridized carbons (Fsp3) is 0.381. The van der Waals surface area contributed by atoms with E-state index in [-0.39, 0.29) is 11.1 Å². The summed E-state index contributed by atoms with van der Waals surface area (Å²) in [4.78, 5) is 26.0. The maximum absolute atomic E-state index is 13.0. The molecule has 0 saturated carbocycles. The van der Waals surface area contributed by atoms with Crippen molar-refractivity contribution >= 4 is 17.1 Å². The van der Waals surface area contributed by atoms with Crippen LogP contribution in [0.25, 0.3) is 5.52 Å². The summed E-state index contributed by atoms with van der Waals surface area (Å²) in [7, 11) is 0. The minimum Gasteiger partial charge on any atom is -0.319 e. The Morgan fingerprint density at radius 1 is 1.32 bits per heavy atom. The van der Waals surface area contributed by atoms with Crippen molar-refractivity contribution in [2.75, 3.05) is 18.4 Å². The van der Waals surface area contributed by atoms with E-state index in [1.807, 2.05) is 31.3 Å². The van der Waals surface area contributed by atoms with Gasteiger partial charge in [0, 0.05) is 18.9 Å². The van der Waals surface area contributed by atoms with E-state index < -0.39 is 5.91 Å². The van der Waals surface area contributed by atoms with Crippen LogP contribution in [0, 0.1) is 19.8 Å². The number of nitrogens with zero attached hydrogens (tertiary/aromatic N) is 3. The predicted octanol–water partition coefficient (Wildman–Crippen LogP) is 2.36. The molecule has 28 heavy (non-hydrogen) atoms. The van der Waals surface area contributed by atoms with Gasteiger partial charge in [-0.1, -0.05) is 0 Å². The molecular formula is C21H25N5O2. The molecule has 4 heterocycles. The number of rotatable bonds is 4. The van der Waals surface area contributed by atoms with E-state index >= 15 is 0 Å². The van der Waals surface area contributed by atoms with Gasteiger partial charge in [-0.2, -0.15) is 5.10 Å². The average Bonchev–Trinajstić information content (AvgIpc) is 3.07. The summed E-state index contributed by atoms with van der Waals surface area (Å²) in [5, 5.41) is 10.5. The lowest BCUT2D eigenvalue weighted by Gasteiger charge is -2.23. The first kappa shape index (κ1) is 18.4. The highest BCUT2D eigenvalue weighted by atomic mass is 16.2. The van der Waals surface area contributed by atoms with Crippen LogP contribution in [0.4, 0.5) is 5.69 Å². The lowest BCUT2D eigenvalue weighted by molar-refractivity contribution is 0.102. The standard InChI is InChI=1S/C21H25N5O2/c1-14-5-9-26-18(10-14)17(12-23-26)24-20(27)19-15(2)6-8-25(21(19)28)13-16-4-3-7-22-11-16/h5-6,8-10,12,16,22H,3-4,7,11,13H2,1-2H3,(H,24,27). The molecule has 0 radical (unpaired) electrons. The number of aromatic nitrogens is 3. The van der Waals surface area contributed by atoms with Gasteiger partial charge >= 0.3 is 0 Å². The summed E-state index contributed by atoms with van der Waals surface area (Å²) < 4.78 is 3.37. The first-order chi connectivity index (χ1) is 13.5. The zero-order chi connectivity index (χ0) is 19.7. The van der Waals surface area contributed by atoms with Crippen LogP contribution in [-0.4, -0.2) is 33.2 Å². The quantitative estimate of drug-likeness (QED) is 0.729. The second-order valence-electron chi connectivity index (χ2n) is 7.59.